The molecule has 2 aromatic carbocycles. The van der Waals surface area contributed by atoms with E-state index in [4.69, 9.17) is 0 Å². The van der Waals surface area contributed by atoms with Gasteiger partial charge in [0.25, 0.3) is 15.9 Å². The van der Waals surface area contributed by atoms with E-state index in [1.54, 1.807) is 29.2 Å². The number of nitrogens with zero attached hydrogens (tertiary/aromatic N) is 1. The number of rotatable bonds is 8. The first-order valence-electron chi connectivity index (χ1n) is 9.49. The molecule has 0 atom stereocenters. The second-order valence-electron chi connectivity index (χ2n) is 6.73. The SMILES string of the molecule is CCCN(CCC)C(=O)c1ccccc1NS(=O)(=O)c1ccc2[nH]c(=O)[nH]c2c1. The van der Waals surface area contributed by atoms with Crippen molar-refractivity contribution in [1.29, 1.82) is 0 Å². The highest BCUT2D eigenvalue weighted by Crippen LogP contribution is 2.23. The van der Waals surface area contributed by atoms with E-state index in [1.807, 2.05) is 13.8 Å². The minimum atomic E-state index is -3.96. The molecule has 3 N–H and O–H groups in total. The van der Waals surface area contributed by atoms with Gasteiger partial charge >= 0.3 is 5.69 Å². The number of para-hydroxylation sites is 1. The molecular formula is C20H24N4O4S. The Hall–Kier alpha value is -3.07. The number of hydrogen-bond acceptors (Lipinski definition) is 4. The molecule has 0 saturated heterocycles. The van der Waals surface area contributed by atoms with Crippen LogP contribution in [0.5, 0.6) is 0 Å². The summed E-state index contributed by atoms with van der Waals surface area (Å²) in [5.41, 5.74) is 1.01. The van der Waals surface area contributed by atoms with Crippen LogP contribution in [0.3, 0.4) is 0 Å². The standard InChI is InChI=1S/C20H24N4O4S/c1-3-11-24(12-4-2)19(25)15-7-5-6-8-16(15)23-29(27,28)14-9-10-17-18(13-14)22-20(26)21-17/h5-10,13,23H,3-4,11-12H2,1-2H3,(H2,21,22,26). The molecule has 154 valence electrons. The lowest BCUT2D eigenvalue weighted by Crippen LogP contribution is -2.33. The number of nitrogens with one attached hydrogen (secondary N) is 3. The Morgan fingerprint density at radius 2 is 1.66 bits per heavy atom. The summed E-state index contributed by atoms with van der Waals surface area (Å²) in [5.74, 6) is -0.211. The second-order valence-corrected chi connectivity index (χ2v) is 8.41. The van der Waals surface area contributed by atoms with Crippen molar-refractivity contribution >= 4 is 32.7 Å². The number of carbonyl (C=O) groups excluding carboxylic acids is 1. The van der Waals surface area contributed by atoms with E-state index in [0.29, 0.717) is 29.7 Å². The minimum Gasteiger partial charge on any atom is -0.339 e. The van der Waals surface area contributed by atoms with Crippen LogP contribution in [0.2, 0.25) is 0 Å². The molecule has 1 aromatic heterocycles. The number of fused-ring (bicyclic) bond motifs is 1. The summed E-state index contributed by atoms with van der Waals surface area (Å²) < 4.78 is 28.3. The Labute approximate surface area is 169 Å². The van der Waals surface area contributed by atoms with Crippen LogP contribution in [0.1, 0.15) is 37.0 Å². The molecular weight excluding hydrogens is 392 g/mol. The first-order valence-corrected chi connectivity index (χ1v) is 11.0. The molecule has 0 radical (unpaired) electrons. The number of aromatic nitrogens is 2. The number of amides is 1. The number of benzene rings is 2. The fraction of sp³-hybridized carbons (Fsp3) is 0.300. The summed E-state index contributed by atoms with van der Waals surface area (Å²) in [5, 5.41) is 0. The van der Waals surface area contributed by atoms with Gasteiger partial charge in [0.1, 0.15) is 0 Å². The van der Waals surface area contributed by atoms with Gasteiger partial charge in [-0.3, -0.25) is 9.52 Å². The lowest BCUT2D eigenvalue weighted by Gasteiger charge is -2.23. The van der Waals surface area contributed by atoms with Crippen LogP contribution in [0.15, 0.2) is 52.2 Å². The predicted molar refractivity (Wildman–Crippen MR) is 113 cm³/mol. The van der Waals surface area contributed by atoms with E-state index in [2.05, 4.69) is 14.7 Å². The van der Waals surface area contributed by atoms with Crippen LogP contribution in [0.4, 0.5) is 5.69 Å². The van der Waals surface area contributed by atoms with Gasteiger partial charge in [0.2, 0.25) is 0 Å². The van der Waals surface area contributed by atoms with Crippen molar-refractivity contribution in [3.8, 4) is 0 Å². The van der Waals surface area contributed by atoms with Crippen molar-refractivity contribution in [1.82, 2.24) is 14.9 Å². The normalized spacial score (nSPS) is 11.5. The van der Waals surface area contributed by atoms with Gasteiger partial charge in [0, 0.05) is 13.1 Å². The molecule has 3 aromatic rings. The van der Waals surface area contributed by atoms with E-state index in [1.165, 1.54) is 18.2 Å². The maximum atomic E-state index is 13.0. The summed E-state index contributed by atoms with van der Waals surface area (Å²) in [4.78, 5) is 31.2. The average Bonchev–Trinajstić information content (AvgIpc) is 3.06. The molecule has 0 bridgehead atoms. The molecule has 0 spiro atoms. The Kier molecular flexibility index (Phi) is 6.07. The van der Waals surface area contributed by atoms with Crippen molar-refractivity contribution in [2.45, 2.75) is 31.6 Å². The van der Waals surface area contributed by atoms with Gasteiger partial charge < -0.3 is 14.9 Å². The van der Waals surface area contributed by atoms with Gasteiger partial charge in [-0.25, -0.2) is 13.2 Å². The largest absolute Gasteiger partial charge is 0.339 e. The Bertz CT molecular complexity index is 1170. The third-order valence-electron chi connectivity index (χ3n) is 4.47. The summed E-state index contributed by atoms with van der Waals surface area (Å²) in [6.45, 7) is 5.19. The molecule has 0 aliphatic heterocycles. The molecule has 0 unspecified atom stereocenters. The summed E-state index contributed by atoms with van der Waals surface area (Å²) in [6, 6.07) is 10.9. The number of imidazole rings is 1. The van der Waals surface area contributed by atoms with E-state index in [-0.39, 0.29) is 16.5 Å². The van der Waals surface area contributed by atoms with E-state index >= 15 is 0 Å². The van der Waals surface area contributed by atoms with Gasteiger partial charge in [0.05, 0.1) is 27.2 Å². The zero-order valence-electron chi connectivity index (χ0n) is 16.4. The van der Waals surface area contributed by atoms with Crippen molar-refractivity contribution in [2.24, 2.45) is 0 Å². The maximum Gasteiger partial charge on any atom is 0.323 e. The van der Waals surface area contributed by atoms with Crippen molar-refractivity contribution in [3.63, 3.8) is 0 Å². The van der Waals surface area contributed by atoms with Crippen molar-refractivity contribution in [2.75, 3.05) is 17.8 Å². The topological polar surface area (TPSA) is 115 Å². The molecule has 29 heavy (non-hydrogen) atoms. The molecule has 1 amide bonds. The number of hydrogen-bond donors (Lipinski definition) is 3. The highest BCUT2D eigenvalue weighted by atomic mass is 32.2. The van der Waals surface area contributed by atoms with E-state index in [0.717, 1.165) is 12.8 Å². The lowest BCUT2D eigenvalue weighted by molar-refractivity contribution is 0.0756. The molecule has 0 saturated carbocycles. The third kappa shape index (κ3) is 4.51. The van der Waals surface area contributed by atoms with Crippen molar-refractivity contribution in [3.05, 3.63) is 58.5 Å². The van der Waals surface area contributed by atoms with Gasteiger partial charge in [0.15, 0.2) is 0 Å². The van der Waals surface area contributed by atoms with Crippen LogP contribution in [0, 0.1) is 0 Å². The molecule has 1 heterocycles. The number of anilines is 1. The summed E-state index contributed by atoms with van der Waals surface area (Å²) in [6.07, 6.45) is 1.63. The zero-order valence-corrected chi connectivity index (χ0v) is 17.2. The molecule has 0 fully saturated rings. The lowest BCUT2D eigenvalue weighted by atomic mass is 10.1. The summed E-state index contributed by atoms with van der Waals surface area (Å²) in [7, 11) is -3.96. The third-order valence-corrected chi connectivity index (χ3v) is 5.84. The van der Waals surface area contributed by atoms with Crippen LogP contribution < -0.4 is 10.4 Å². The Morgan fingerprint density at radius 3 is 2.34 bits per heavy atom. The van der Waals surface area contributed by atoms with Gasteiger partial charge in [-0.15, -0.1) is 0 Å². The van der Waals surface area contributed by atoms with Gasteiger partial charge in [-0.05, 0) is 43.2 Å². The summed E-state index contributed by atoms with van der Waals surface area (Å²) >= 11 is 0. The quantitative estimate of drug-likeness (QED) is 0.524. The van der Waals surface area contributed by atoms with Crippen LogP contribution in [-0.4, -0.2) is 42.3 Å². The van der Waals surface area contributed by atoms with Gasteiger partial charge in [-0.2, -0.15) is 0 Å². The number of H-pyrrole nitrogens is 2. The van der Waals surface area contributed by atoms with E-state index < -0.39 is 15.7 Å². The predicted octanol–water partition coefficient (Wildman–Crippen LogP) is 2.92. The highest BCUT2D eigenvalue weighted by molar-refractivity contribution is 7.92. The van der Waals surface area contributed by atoms with Crippen molar-refractivity contribution < 1.29 is 13.2 Å². The first-order chi connectivity index (χ1) is 13.9. The number of carbonyl (C=O) groups is 1. The van der Waals surface area contributed by atoms with Crippen LogP contribution in [-0.2, 0) is 10.0 Å². The fourth-order valence-electron chi connectivity index (χ4n) is 3.17. The van der Waals surface area contributed by atoms with Gasteiger partial charge in [-0.1, -0.05) is 26.0 Å². The second kappa shape index (κ2) is 8.52. The minimum absolute atomic E-state index is 0.0125. The smallest absolute Gasteiger partial charge is 0.323 e. The van der Waals surface area contributed by atoms with Crippen LogP contribution >= 0.6 is 0 Å². The molecule has 3 rings (SSSR count). The highest BCUT2D eigenvalue weighted by Gasteiger charge is 2.22. The number of sulfonamides is 1. The average molecular weight is 417 g/mol. The fourth-order valence-corrected chi connectivity index (χ4v) is 4.27. The first kappa shape index (κ1) is 20.7. The molecule has 9 heteroatoms. The van der Waals surface area contributed by atoms with E-state index in [9.17, 15) is 18.0 Å². The Morgan fingerprint density at radius 1 is 1.00 bits per heavy atom. The molecule has 0 aliphatic carbocycles. The monoisotopic (exact) mass is 416 g/mol. The van der Waals surface area contributed by atoms with Crippen LogP contribution in [0.25, 0.3) is 11.0 Å². The zero-order chi connectivity index (χ0) is 21.0. The Balaban J connectivity index is 1.94. The maximum absolute atomic E-state index is 13.0. The number of aromatic amines is 2. The molecule has 8 nitrogen and oxygen atoms in total. The molecule has 0 aliphatic rings.